The Morgan fingerprint density at radius 3 is 2.39 bits per heavy atom. The molecule has 0 saturated heterocycles. The van der Waals surface area contributed by atoms with E-state index in [4.69, 9.17) is 21.1 Å². The van der Waals surface area contributed by atoms with E-state index in [-0.39, 0.29) is 5.91 Å². The molecule has 0 bridgehead atoms. The van der Waals surface area contributed by atoms with Gasteiger partial charge in [-0.15, -0.1) is 0 Å². The fraction of sp³-hybridized carbons (Fsp3) is 0.278. The second kappa shape index (κ2) is 8.44. The van der Waals surface area contributed by atoms with Gasteiger partial charge < -0.3 is 14.8 Å². The molecule has 23 heavy (non-hydrogen) atoms. The summed E-state index contributed by atoms with van der Waals surface area (Å²) in [5, 5.41) is 3.50. The third-order valence-corrected chi connectivity index (χ3v) is 3.78. The Labute approximate surface area is 141 Å². The number of carbonyl (C=O) groups excluding carboxylic acids is 1. The van der Waals surface area contributed by atoms with Gasteiger partial charge in [0.15, 0.2) is 6.10 Å². The molecule has 0 aliphatic heterocycles. The highest BCUT2D eigenvalue weighted by atomic mass is 35.5. The molecule has 0 spiro atoms. The largest absolute Gasteiger partial charge is 0.497 e. The topological polar surface area (TPSA) is 47.6 Å². The molecule has 0 fully saturated rings. The normalized spacial score (nSPS) is 11.6. The zero-order valence-electron chi connectivity index (χ0n) is 13.2. The monoisotopic (exact) mass is 333 g/mol. The second-order valence-electron chi connectivity index (χ2n) is 5.00. The van der Waals surface area contributed by atoms with E-state index in [1.165, 1.54) is 0 Å². The molecule has 122 valence electrons. The minimum atomic E-state index is -0.550. The first-order valence-corrected chi connectivity index (χ1v) is 7.83. The van der Waals surface area contributed by atoms with Crippen LogP contribution in [0.5, 0.6) is 11.5 Å². The Morgan fingerprint density at radius 2 is 1.78 bits per heavy atom. The van der Waals surface area contributed by atoms with Crippen LogP contribution in [0, 0.1) is 0 Å². The van der Waals surface area contributed by atoms with Crippen LogP contribution >= 0.6 is 11.6 Å². The van der Waals surface area contributed by atoms with Gasteiger partial charge in [0.1, 0.15) is 11.5 Å². The van der Waals surface area contributed by atoms with Crippen LogP contribution in [0.2, 0.25) is 5.02 Å². The van der Waals surface area contributed by atoms with Gasteiger partial charge in [-0.3, -0.25) is 4.79 Å². The second-order valence-corrected chi connectivity index (χ2v) is 5.41. The third kappa shape index (κ3) is 4.89. The summed E-state index contributed by atoms with van der Waals surface area (Å²) in [5.74, 6) is 1.21. The van der Waals surface area contributed by atoms with Crippen molar-refractivity contribution in [3.05, 3.63) is 59.1 Å². The molecule has 0 radical (unpaired) electrons. The lowest BCUT2D eigenvalue weighted by molar-refractivity contribution is -0.128. The van der Waals surface area contributed by atoms with E-state index in [0.29, 0.717) is 23.7 Å². The van der Waals surface area contributed by atoms with Crippen LogP contribution in [0.1, 0.15) is 18.9 Å². The number of halogens is 1. The maximum absolute atomic E-state index is 12.3. The number of carbonyl (C=O) groups is 1. The average molecular weight is 334 g/mol. The summed E-state index contributed by atoms with van der Waals surface area (Å²) in [6, 6.07) is 14.6. The summed E-state index contributed by atoms with van der Waals surface area (Å²) >= 11 is 6.09. The van der Waals surface area contributed by atoms with Crippen LogP contribution in [0.3, 0.4) is 0 Å². The molecule has 0 aliphatic rings. The highest BCUT2D eigenvalue weighted by Crippen LogP contribution is 2.19. The first kappa shape index (κ1) is 17.2. The highest BCUT2D eigenvalue weighted by molar-refractivity contribution is 6.31. The van der Waals surface area contributed by atoms with Crippen molar-refractivity contribution in [3.63, 3.8) is 0 Å². The Bertz CT molecular complexity index is 643. The third-order valence-electron chi connectivity index (χ3n) is 3.41. The van der Waals surface area contributed by atoms with Gasteiger partial charge in [0.2, 0.25) is 0 Å². The van der Waals surface area contributed by atoms with Crippen LogP contribution in [-0.2, 0) is 11.3 Å². The number of rotatable bonds is 7. The van der Waals surface area contributed by atoms with Crippen molar-refractivity contribution in [3.8, 4) is 11.5 Å². The van der Waals surface area contributed by atoms with E-state index in [1.807, 2.05) is 25.1 Å². The van der Waals surface area contributed by atoms with Gasteiger partial charge in [-0.25, -0.2) is 0 Å². The van der Waals surface area contributed by atoms with Crippen LogP contribution in [0.25, 0.3) is 0 Å². The van der Waals surface area contributed by atoms with Gasteiger partial charge >= 0.3 is 0 Å². The first-order valence-electron chi connectivity index (χ1n) is 7.46. The van der Waals surface area contributed by atoms with E-state index < -0.39 is 6.10 Å². The lowest BCUT2D eigenvalue weighted by atomic mass is 10.2. The van der Waals surface area contributed by atoms with Crippen molar-refractivity contribution in [2.45, 2.75) is 26.0 Å². The SMILES string of the molecule is CC[C@H](Oc1ccc(OC)cc1)C(=O)NCc1ccccc1Cl. The van der Waals surface area contributed by atoms with Gasteiger partial charge in [0.05, 0.1) is 7.11 Å². The molecule has 4 nitrogen and oxygen atoms in total. The standard InChI is InChI=1S/C18H20ClNO3/c1-3-17(23-15-10-8-14(22-2)9-11-15)18(21)20-12-13-6-4-5-7-16(13)19/h4-11,17H,3,12H2,1-2H3,(H,20,21)/t17-/m0/s1. The summed E-state index contributed by atoms with van der Waals surface area (Å²) in [4.78, 5) is 12.3. The maximum Gasteiger partial charge on any atom is 0.261 e. The molecule has 1 N–H and O–H groups in total. The molecule has 0 aromatic heterocycles. The van der Waals surface area contributed by atoms with Crippen LogP contribution in [0.4, 0.5) is 0 Å². The van der Waals surface area contributed by atoms with Gasteiger partial charge in [-0.05, 0) is 42.3 Å². The van der Waals surface area contributed by atoms with Crippen molar-refractivity contribution >= 4 is 17.5 Å². The van der Waals surface area contributed by atoms with Crippen molar-refractivity contribution in [1.29, 1.82) is 0 Å². The molecule has 0 saturated carbocycles. The Morgan fingerprint density at radius 1 is 1.13 bits per heavy atom. The predicted octanol–water partition coefficient (Wildman–Crippen LogP) is 3.82. The number of hydrogen-bond donors (Lipinski definition) is 1. The minimum absolute atomic E-state index is 0.164. The molecule has 2 rings (SSSR count). The number of nitrogens with one attached hydrogen (secondary N) is 1. The zero-order valence-corrected chi connectivity index (χ0v) is 14.0. The van der Waals surface area contributed by atoms with Gasteiger partial charge in [0.25, 0.3) is 5.91 Å². The summed E-state index contributed by atoms with van der Waals surface area (Å²) in [6.07, 6.45) is 0.0197. The lowest BCUT2D eigenvalue weighted by Crippen LogP contribution is -2.37. The van der Waals surface area contributed by atoms with Crippen molar-refractivity contribution < 1.29 is 14.3 Å². The van der Waals surface area contributed by atoms with E-state index >= 15 is 0 Å². The molecule has 0 heterocycles. The Kier molecular flexibility index (Phi) is 6.29. The molecular weight excluding hydrogens is 314 g/mol. The van der Waals surface area contributed by atoms with Crippen molar-refractivity contribution in [1.82, 2.24) is 5.32 Å². The summed E-state index contributed by atoms with van der Waals surface area (Å²) < 4.78 is 10.8. The maximum atomic E-state index is 12.3. The number of benzene rings is 2. The zero-order chi connectivity index (χ0) is 16.7. The van der Waals surface area contributed by atoms with Gasteiger partial charge in [0, 0.05) is 11.6 Å². The lowest BCUT2D eigenvalue weighted by Gasteiger charge is -2.17. The molecule has 1 atom stereocenters. The van der Waals surface area contributed by atoms with Crippen molar-refractivity contribution in [2.24, 2.45) is 0 Å². The smallest absolute Gasteiger partial charge is 0.261 e. The van der Waals surface area contributed by atoms with Crippen LogP contribution in [-0.4, -0.2) is 19.1 Å². The predicted molar refractivity (Wildman–Crippen MR) is 91.0 cm³/mol. The quantitative estimate of drug-likeness (QED) is 0.837. The number of amides is 1. The highest BCUT2D eigenvalue weighted by Gasteiger charge is 2.18. The van der Waals surface area contributed by atoms with Gasteiger partial charge in [-0.2, -0.15) is 0 Å². The van der Waals surface area contributed by atoms with Crippen molar-refractivity contribution in [2.75, 3.05) is 7.11 Å². The molecule has 0 aliphatic carbocycles. The molecule has 1 amide bonds. The minimum Gasteiger partial charge on any atom is -0.497 e. The fourth-order valence-corrected chi connectivity index (χ4v) is 2.28. The van der Waals surface area contributed by atoms with E-state index in [1.54, 1.807) is 37.4 Å². The van der Waals surface area contributed by atoms with Crippen LogP contribution < -0.4 is 14.8 Å². The van der Waals surface area contributed by atoms with E-state index in [0.717, 1.165) is 11.3 Å². The molecule has 0 unspecified atom stereocenters. The molecule has 2 aromatic rings. The van der Waals surface area contributed by atoms with Crippen LogP contribution in [0.15, 0.2) is 48.5 Å². The summed E-state index contributed by atoms with van der Waals surface area (Å²) in [6.45, 7) is 2.28. The number of ether oxygens (including phenoxy) is 2. The fourth-order valence-electron chi connectivity index (χ4n) is 2.08. The first-order chi connectivity index (χ1) is 11.1. The van der Waals surface area contributed by atoms with E-state index in [9.17, 15) is 4.79 Å². The molecule has 2 aromatic carbocycles. The number of methoxy groups -OCH3 is 1. The number of hydrogen-bond acceptors (Lipinski definition) is 3. The average Bonchev–Trinajstić information content (AvgIpc) is 2.59. The Hall–Kier alpha value is -2.20. The Balaban J connectivity index is 1.94. The van der Waals surface area contributed by atoms with Gasteiger partial charge in [-0.1, -0.05) is 36.7 Å². The summed E-state index contributed by atoms with van der Waals surface area (Å²) in [7, 11) is 1.60. The van der Waals surface area contributed by atoms with E-state index in [2.05, 4.69) is 5.32 Å². The molecular formula is C18H20ClNO3. The summed E-state index contributed by atoms with van der Waals surface area (Å²) in [5.41, 5.74) is 0.877. The molecule has 5 heteroatoms.